The van der Waals surface area contributed by atoms with E-state index in [0.29, 0.717) is 23.0 Å². The summed E-state index contributed by atoms with van der Waals surface area (Å²) in [7, 11) is 1.58. The van der Waals surface area contributed by atoms with Crippen molar-refractivity contribution in [3.63, 3.8) is 0 Å². The predicted octanol–water partition coefficient (Wildman–Crippen LogP) is 2.21. The van der Waals surface area contributed by atoms with Crippen LogP contribution in [-0.4, -0.2) is 33.0 Å². The standard InChI is InChI=1S/C18H19N5O3/c1-13-7-8-17(19-9-13)20-18(24)11-23-10-14(21-22-23)12-26-16-6-4-3-5-15(16)25-2/h3-10H,11-12H2,1-2H3,(H,19,20,24). The number of hydrogen-bond acceptors (Lipinski definition) is 6. The number of anilines is 1. The molecule has 0 atom stereocenters. The van der Waals surface area contributed by atoms with Crippen LogP contribution in [0.1, 0.15) is 11.3 Å². The van der Waals surface area contributed by atoms with Gasteiger partial charge >= 0.3 is 0 Å². The van der Waals surface area contributed by atoms with Gasteiger partial charge in [-0.2, -0.15) is 0 Å². The molecule has 0 saturated heterocycles. The summed E-state index contributed by atoms with van der Waals surface area (Å²) < 4.78 is 12.4. The van der Waals surface area contributed by atoms with Crippen molar-refractivity contribution in [3.05, 3.63) is 60.0 Å². The summed E-state index contributed by atoms with van der Waals surface area (Å²) in [5, 5.41) is 10.7. The monoisotopic (exact) mass is 353 g/mol. The summed E-state index contributed by atoms with van der Waals surface area (Å²) in [6.45, 7) is 2.20. The van der Waals surface area contributed by atoms with Gasteiger partial charge < -0.3 is 14.8 Å². The first-order valence-electron chi connectivity index (χ1n) is 8.01. The minimum atomic E-state index is -0.233. The van der Waals surface area contributed by atoms with Gasteiger partial charge in [0.1, 0.15) is 24.7 Å². The number of amides is 1. The summed E-state index contributed by atoms with van der Waals surface area (Å²) in [6.07, 6.45) is 3.36. The van der Waals surface area contributed by atoms with Crippen molar-refractivity contribution >= 4 is 11.7 Å². The number of pyridine rings is 1. The SMILES string of the molecule is COc1ccccc1OCc1cn(CC(=O)Nc2ccc(C)cn2)nn1. The van der Waals surface area contributed by atoms with Gasteiger partial charge in [-0.05, 0) is 30.7 Å². The van der Waals surface area contributed by atoms with E-state index in [1.807, 2.05) is 37.3 Å². The molecule has 1 N–H and O–H groups in total. The summed E-state index contributed by atoms with van der Waals surface area (Å²) >= 11 is 0. The van der Waals surface area contributed by atoms with Crippen molar-refractivity contribution in [2.45, 2.75) is 20.1 Å². The number of rotatable bonds is 7. The summed E-state index contributed by atoms with van der Waals surface area (Å²) in [5.41, 5.74) is 1.64. The zero-order valence-electron chi connectivity index (χ0n) is 14.5. The van der Waals surface area contributed by atoms with Gasteiger partial charge in [-0.1, -0.05) is 23.4 Å². The van der Waals surface area contributed by atoms with E-state index in [0.717, 1.165) is 5.56 Å². The van der Waals surface area contributed by atoms with Crippen molar-refractivity contribution in [1.29, 1.82) is 0 Å². The molecule has 0 saturated carbocycles. The topological polar surface area (TPSA) is 91.2 Å². The van der Waals surface area contributed by atoms with E-state index in [4.69, 9.17) is 9.47 Å². The van der Waals surface area contributed by atoms with Crippen molar-refractivity contribution in [3.8, 4) is 11.5 Å². The van der Waals surface area contributed by atoms with Gasteiger partial charge in [0.15, 0.2) is 11.5 Å². The molecule has 0 aliphatic carbocycles. The lowest BCUT2D eigenvalue weighted by molar-refractivity contribution is -0.116. The van der Waals surface area contributed by atoms with Crippen LogP contribution in [0.3, 0.4) is 0 Å². The molecule has 2 heterocycles. The van der Waals surface area contributed by atoms with E-state index in [1.165, 1.54) is 4.68 Å². The molecule has 0 aliphatic heterocycles. The van der Waals surface area contributed by atoms with Gasteiger partial charge in [0.2, 0.25) is 5.91 Å². The van der Waals surface area contributed by atoms with Crippen molar-refractivity contribution in [2.75, 3.05) is 12.4 Å². The van der Waals surface area contributed by atoms with E-state index in [-0.39, 0.29) is 19.1 Å². The summed E-state index contributed by atoms with van der Waals surface area (Å²) in [6, 6.07) is 11.0. The molecule has 134 valence electrons. The first kappa shape index (κ1) is 17.4. The summed E-state index contributed by atoms with van der Waals surface area (Å²) in [5.74, 6) is 1.53. The smallest absolute Gasteiger partial charge is 0.247 e. The zero-order chi connectivity index (χ0) is 18.4. The highest BCUT2D eigenvalue weighted by molar-refractivity contribution is 5.89. The number of ether oxygens (including phenoxy) is 2. The highest BCUT2D eigenvalue weighted by Crippen LogP contribution is 2.26. The Hall–Kier alpha value is -3.42. The Balaban J connectivity index is 1.54. The van der Waals surface area contributed by atoms with E-state index in [9.17, 15) is 4.79 Å². The average molecular weight is 353 g/mol. The number of hydrogen-bond donors (Lipinski definition) is 1. The van der Waals surface area contributed by atoms with Gasteiger partial charge in [-0.25, -0.2) is 9.67 Å². The fourth-order valence-corrected chi connectivity index (χ4v) is 2.24. The van der Waals surface area contributed by atoms with Gasteiger partial charge in [-0.3, -0.25) is 4.79 Å². The fourth-order valence-electron chi connectivity index (χ4n) is 2.24. The van der Waals surface area contributed by atoms with Crippen LogP contribution in [0.2, 0.25) is 0 Å². The number of carbonyl (C=O) groups is 1. The molecule has 0 spiro atoms. The van der Waals surface area contributed by atoms with Gasteiger partial charge in [0.05, 0.1) is 13.3 Å². The van der Waals surface area contributed by atoms with Crippen molar-refractivity contribution in [1.82, 2.24) is 20.0 Å². The molecule has 8 nitrogen and oxygen atoms in total. The molecule has 1 amide bonds. The first-order chi connectivity index (χ1) is 12.6. The van der Waals surface area contributed by atoms with Gasteiger partial charge in [0.25, 0.3) is 0 Å². The normalized spacial score (nSPS) is 10.4. The lowest BCUT2D eigenvalue weighted by Crippen LogP contribution is -2.19. The van der Waals surface area contributed by atoms with Crippen LogP contribution in [0, 0.1) is 6.92 Å². The number of para-hydroxylation sites is 2. The highest BCUT2D eigenvalue weighted by atomic mass is 16.5. The van der Waals surface area contributed by atoms with E-state index in [1.54, 1.807) is 25.6 Å². The Morgan fingerprint density at radius 1 is 1.19 bits per heavy atom. The lowest BCUT2D eigenvalue weighted by atomic mass is 10.3. The molecule has 3 rings (SSSR count). The van der Waals surface area contributed by atoms with E-state index >= 15 is 0 Å². The molecule has 2 aromatic heterocycles. The second-order valence-electron chi connectivity index (χ2n) is 5.62. The number of nitrogens with zero attached hydrogens (tertiary/aromatic N) is 4. The molecular weight excluding hydrogens is 334 g/mol. The Morgan fingerprint density at radius 3 is 2.73 bits per heavy atom. The highest BCUT2D eigenvalue weighted by Gasteiger charge is 2.09. The van der Waals surface area contributed by atoms with Crippen LogP contribution in [0.5, 0.6) is 11.5 Å². The third-order valence-corrected chi connectivity index (χ3v) is 3.52. The Morgan fingerprint density at radius 2 is 2.00 bits per heavy atom. The first-order valence-corrected chi connectivity index (χ1v) is 8.01. The number of benzene rings is 1. The fraction of sp³-hybridized carbons (Fsp3) is 0.222. The molecule has 0 radical (unpaired) electrons. The molecule has 1 aromatic carbocycles. The number of methoxy groups -OCH3 is 1. The molecule has 8 heteroatoms. The van der Waals surface area contributed by atoms with Gasteiger partial charge in [-0.15, -0.1) is 5.10 Å². The van der Waals surface area contributed by atoms with Crippen LogP contribution < -0.4 is 14.8 Å². The Bertz CT molecular complexity index is 877. The third-order valence-electron chi connectivity index (χ3n) is 3.52. The molecule has 0 unspecified atom stereocenters. The van der Waals surface area contributed by atoms with Gasteiger partial charge in [0, 0.05) is 6.20 Å². The predicted molar refractivity (Wildman–Crippen MR) is 95.0 cm³/mol. The maximum Gasteiger partial charge on any atom is 0.247 e. The van der Waals surface area contributed by atoms with E-state index in [2.05, 4.69) is 20.6 Å². The average Bonchev–Trinajstić information content (AvgIpc) is 3.09. The Kier molecular flexibility index (Phi) is 5.43. The number of aryl methyl sites for hydroxylation is 1. The minimum absolute atomic E-state index is 0.0389. The largest absolute Gasteiger partial charge is 0.493 e. The van der Waals surface area contributed by atoms with Crippen LogP contribution in [0.15, 0.2) is 48.8 Å². The molecule has 0 aliphatic rings. The van der Waals surface area contributed by atoms with Crippen molar-refractivity contribution < 1.29 is 14.3 Å². The van der Waals surface area contributed by atoms with Crippen LogP contribution in [-0.2, 0) is 17.9 Å². The maximum atomic E-state index is 12.1. The number of aromatic nitrogens is 4. The molecule has 3 aromatic rings. The zero-order valence-corrected chi connectivity index (χ0v) is 14.5. The lowest BCUT2D eigenvalue weighted by Gasteiger charge is -2.08. The van der Waals surface area contributed by atoms with E-state index < -0.39 is 0 Å². The number of nitrogens with one attached hydrogen (secondary N) is 1. The van der Waals surface area contributed by atoms with Crippen LogP contribution in [0.25, 0.3) is 0 Å². The second-order valence-corrected chi connectivity index (χ2v) is 5.62. The quantitative estimate of drug-likeness (QED) is 0.700. The molecule has 0 bridgehead atoms. The Labute approximate surface area is 150 Å². The molecule has 26 heavy (non-hydrogen) atoms. The number of carbonyl (C=O) groups excluding carboxylic acids is 1. The van der Waals surface area contributed by atoms with Crippen LogP contribution >= 0.6 is 0 Å². The third kappa shape index (κ3) is 4.56. The molecule has 0 fully saturated rings. The maximum absolute atomic E-state index is 12.1. The van der Waals surface area contributed by atoms with Crippen LogP contribution in [0.4, 0.5) is 5.82 Å². The van der Waals surface area contributed by atoms with Crippen molar-refractivity contribution in [2.24, 2.45) is 0 Å². The molecular formula is C18H19N5O3. The minimum Gasteiger partial charge on any atom is -0.493 e. The summed E-state index contributed by atoms with van der Waals surface area (Å²) in [4.78, 5) is 16.2. The second kappa shape index (κ2) is 8.11.